The van der Waals surface area contributed by atoms with Crippen molar-refractivity contribution in [2.45, 2.75) is 13.5 Å². The molecule has 4 heteroatoms. The van der Waals surface area contributed by atoms with E-state index in [1.807, 2.05) is 13.0 Å². The van der Waals surface area contributed by atoms with E-state index in [9.17, 15) is 0 Å². The van der Waals surface area contributed by atoms with E-state index in [1.165, 1.54) is 0 Å². The minimum atomic E-state index is 0.837. The first-order valence-corrected chi connectivity index (χ1v) is 4.92. The molecule has 1 aliphatic heterocycles. The lowest BCUT2D eigenvalue weighted by Gasteiger charge is -2.26. The van der Waals surface area contributed by atoms with Gasteiger partial charge in [0, 0.05) is 25.3 Å². The molecule has 1 aromatic heterocycles. The molecule has 1 saturated heterocycles. The molecule has 0 N–H and O–H groups in total. The van der Waals surface area contributed by atoms with Crippen molar-refractivity contribution in [1.29, 1.82) is 0 Å². The quantitative estimate of drug-likeness (QED) is 0.690. The molecule has 0 unspecified atom stereocenters. The van der Waals surface area contributed by atoms with Gasteiger partial charge in [0.2, 0.25) is 0 Å². The van der Waals surface area contributed by atoms with Crippen LogP contribution >= 0.6 is 0 Å². The largest absolute Gasteiger partial charge is 0.379 e. The van der Waals surface area contributed by atoms with Crippen molar-refractivity contribution in [2.75, 3.05) is 26.3 Å². The van der Waals surface area contributed by atoms with Crippen molar-refractivity contribution in [2.24, 2.45) is 0 Å². The van der Waals surface area contributed by atoms with E-state index in [4.69, 9.17) is 4.74 Å². The smallest absolute Gasteiger partial charge is 0.115 e. The van der Waals surface area contributed by atoms with E-state index in [-0.39, 0.29) is 0 Å². The second-order valence-electron chi connectivity index (χ2n) is 3.54. The molecule has 4 nitrogen and oxygen atoms in total. The zero-order valence-electron chi connectivity index (χ0n) is 8.44. The summed E-state index contributed by atoms with van der Waals surface area (Å²) in [4.78, 5) is 10.7. The van der Waals surface area contributed by atoms with Gasteiger partial charge < -0.3 is 4.74 Å². The maximum atomic E-state index is 5.29. The van der Waals surface area contributed by atoms with E-state index in [0.29, 0.717) is 0 Å². The average molecular weight is 193 g/mol. The zero-order valence-corrected chi connectivity index (χ0v) is 8.44. The molecule has 0 aromatic carbocycles. The van der Waals surface area contributed by atoms with Crippen molar-refractivity contribution in [3.8, 4) is 0 Å². The maximum Gasteiger partial charge on any atom is 0.115 e. The van der Waals surface area contributed by atoms with Gasteiger partial charge in [-0.1, -0.05) is 0 Å². The van der Waals surface area contributed by atoms with Gasteiger partial charge in [0.15, 0.2) is 0 Å². The molecule has 14 heavy (non-hydrogen) atoms. The molecule has 1 aromatic rings. The fourth-order valence-corrected chi connectivity index (χ4v) is 1.58. The third-order valence-corrected chi connectivity index (χ3v) is 2.35. The highest BCUT2D eigenvalue weighted by Gasteiger charge is 2.10. The Balaban J connectivity index is 1.95. The molecule has 0 radical (unpaired) electrons. The molecule has 76 valence electrons. The van der Waals surface area contributed by atoms with Crippen LogP contribution in [0.4, 0.5) is 0 Å². The minimum Gasteiger partial charge on any atom is -0.379 e. The third-order valence-electron chi connectivity index (χ3n) is 2.35. The van der Waals surface area contributed by atoms with E-state index in [2.05, 4.69) is 14.9 Å². The zero-order chi connectivity index (χ0) is 9.80. The van der Waals surface area contributed by atoms with Gasteiger partial charge in [-0.05, 0) is 13.0 Å². The van der Waals surface area contributed by atoms with E-state index < -0.39 is 0 Å². The number of rotatable bonds is 2. The number of aryl methyl sites for hydroxylation is 1. The lowest BCUT2D eigenvalue weighted by atomic mass is 10.3. The molecular formula is C10H15N3O. The van der Waals surface area contributed by atoms with E-state index in [1.54, 1.807) is 6.33 Å². The maximum absolute atomic E-state index is 5.29. The fourth-order valence-electron chi connectivity index (χ4n) is 1.58. The Morgan fingerprint density at radius 3 is 2.86 bits per heavy atom. The lowest BCUT2D eigenvalue weighted by molar-refractivity contribution is 0.0336. The first kappa shape index (κ1) is 9.55. The third kappa shape index (κ3) is 2.49. The molecule has 0 atom stereocenters. The summed E-state index contributed by atoms with van der Waals surface area (Å²) in [5.41, 5.74) is 2.13. The van der Waals surface area contributed by atoms with Gasteiger partial charge >= 0.3 is 0 Å². The van der Waals surface area contributed by atoms with Crippen LogP contribution in [0.3, 0.4) is 0 Å². The van der Waals surface area contributed by atoms with Crippen LogP contribution < -0.4 is 0 Å². The molecule has 1 fully saturated rings. The van der Waals surface area contributed by atoms with Gasteiger partial charge in [0.1, 0.15) is 6.33 Å². The van der Waals surface area contributed by atoms with Crippen LogP contribution in [0.5, 0.6) is 0 Å². The Kier molecular flexibility index (Phi) is 3.06. The molecule has 0 spiro atoms. The van der Waals surface area contributed by atoms with Gasteiger partial charge in [-0.2, -0.15) is 0 Å². The first-order chi connectivity index (χ1) is 6.84. The highest BCUT2D eigenvalue weighted by Crippen LogP contribution is 2.04. The Bertz CT molecular complexity index is 297. The number of hydrogen-bond donors (Lipinski definition) is 0. The van der Waals surface area contributed by atoms with Crippen LogP contribution in [0.15, 0.2) is 12.4 Å². The number of aromatic nitrogens is 2. The predicted octanol–water partition coefficient (Wildman–Crippen LogP) is 0.617. The second kappa shape index (κ2) is 4.48. The van der Waals surface area contributed by atoms with Crippen molar-refractivity contribution in [3.63, 3.8) is 0 Å². The number of hydrogen-bond acceptors (Lipinski definition) is 4. The highest BCUT2D eigenvalue weighted by atomic mass is 16.5. The minimum absolute atomic E-state index is 0.837. The van der Waals surface area contributed by atoms with E-state index in [0.717, 1.165) is 44.2 Å². The molecule has 0 amide bonds. The second-order valence-corrected chi connectivity index (χ2v) is 3.54. The van der Waals surface area contributed by atoms with Gasteiger partial charge in [-0.15, -0.1) is 0 Å². The summed E-state index contributed by atoms with van der Waals surface area (Å²) in [6.07, 6.45) is 1.63. The highest BCUT2D eigenvalue weighted by molar-refractivity contribution is 5.06. The summed E-state index contributed by atoms with van der Waals surface area (Å²) in [5, 5.41) is 0. The summed E-state index contributed by atoms with van der Waals surface area (Å²) in [6.45, 7) is 6.58. The number of ether oxygens (including phenoxy) is 1. The Hall–Kier alpha value is -1.00. The standard InChI is InChI=1S/C10H15N3O/c1-9-6-10(12-8-11-9)7-13-2-4-14-5-3-13/h6,8H,2-5,7H2,1H3. The normalized spacial score (nSPS) is 18.4. The molecule has 0 aliphatic carbocycles. The Labute approximate surface area is 83.9 Å². The topological polar surface area (TPSA) is 38.2 Å². The van der Waals surface area contributed by atoms with Crippen molar-refractivity contribution in [1.82, 2.24) is 14.9 Å². The summed E-state index contributed by atoms with van der Waals surface area (Å²) in [7, 11) is 0. The van der Waals surface area contributed by atoms with E-state index >= 15 is 0 Å². The Morgan fingerprint density at radius 2 is 2.14 bits per heavy atom. The first-order valence-electron chi connectivity index (χ1n) is 4.92. The van der Waals surface area contributed by atoms with Crippen LogP contribution in [-0.2, 0) is 11.3 Å². The predicted molar refractivity (Wildman–Crippen MR) is 52.9 cm³/mol. The molecule has 2 heterocycles. The lowest BCUT2D eigenvalue weighted by Crippen LogP contribution is -2.35. The summed E-state index contributed by atoms with van der Waals surface area (Å²) >= 11 is 0. The molecular weight excluding hydrogens is 178 g/mol. The summed E-state index contributed by atoms with van der Waals surface area (Å²) in [6, 6.07) is 2.04. The summed E-state index contributed by atoms with van der Waals surface area (Å²) < 4.78 is 5.29. The monoisotopic (exact) mass is 193 g/mol. The van der Waals surface area contributed by atoms with Gasteiger partial charge in [-0.25, -0.2) is 9.97 Å². The van der Waals surface area contributed by atoms with Crippen LogP contribution in [-0.4, -0.2) is 41.2 Å². The Morgan fingerprint density at radius 1 is 1.36 bits per heavy atom. The van der Waals surface area contributed by atoms with Crippen LogP contribution in [0.1, 0.15) is 11.4 Å². The van der Waals surface area contributed by atoms with Crippen molar-refractivity contribution < 1.29 is 4.74 Å². The van der Waals surface area contributed by atoms with Gasteiger partial charge in [0.25, 0.3) is 0 Å². The molecule has 0 saturated carbocycles. The van der Waals surface area contributed by atoms with Crippen LogP contribution in [0, 0.1) is 6.92 Å². The van der Waals surface area contributed by atoms with Crippen LogP contribution in [0.25, 0.3) is 0 Å². The molecule has 1 aliphatic rings. The van der Waals surface area contributed by atoms with Crippen molar-refractivity contribution in [3.05, 3.63) is 23.8 Å². The van der Waals surface area contributed by atoms with Gasteiger partial charge in [-0.3, -0.25) is 4.90 Å². The van der Waals surface area contributed by atoms with Gasteiger partial charge in [0.05, 0.1) is 18.9 Å². The SMILES string of the molecule is Cc1cc(CN2CCOCC2)ncn1. The number of morpholine rings is 1. The van der Waals surface area contributed by atoms with Crippen LogP contribution in [0.2, 0.25) is 0 Å². The van der Waals surface area contributed by atoms with Crippen molar-refractivity contribution >= 4 is 0 Å². The summed E-state index contributed by atoms with van der Waals surface area (Å²) in [5.74, 6) is 0. The molecule has 2 rings (SSSR count). The molecule has 0 bridgehead atoms. The average Bonchev–Trinajstić information content (AvgIpc) is 2.19. The number of nitrogens with zero attached hydrogens (tertiary/aromatic N) is 3. The fraction of sp³-hybridized carbons (Fsp3) is 0.600.